The van der Waals surface area contributed by atoms with E-state index in [0.717, 1.165) is 0 Å². The van der Waals surface area contributed by atoms with Gasteiger partial charge in [-0.1, -0.05) is 247 Å². The van der Waals surface area contributed by atoms with Gasteiger partial charge in [-0.25, -0.2) is 0 Å². The van der Waals surface area contributed by atoms with Crippen LogP contribution in [0, 0.1) is 16.2 Å². The van der Waals surface area contributed by atoms with Crippen molar-refractivity contribution in [1.82, 2.24) is 0 Å². The number of halogens is 2. The van der Waals surface area contributed by atoms with Crippen LogP contribution in [-0.4, -0.2) is 0 Å². The molecule has 3 aliphatic rings. The summed E-state index contributed by atoms with van der Waals surface area (Å²) in [7, 11) is 9.87. The summed E-state index contributed by atoms with van der Waals surface area (Å²) in [5.74, 6) is 0. The largest absolute Gasteiger partial charge is 3.00 e. The van der Waals surface area contributed by atoms with Crippen LogP contribution in [0.25, 0.3) is 98.0 Å². The van der Waals surface area contributed by atoms with Crippen LogP contribution in [0.5, 0.6) is 0 Å². The molecular formula is C84H87Cl2Zr2. The number of hydrogen-bond acceptors (Lipinski definition) is 0. The molecule has 4 heteroatoms. The third-order valence-electron chi connectivity index (χ3n) is 21.0. The Morgan fingerprint density at radius 2 is 0.602 bits per heavy atom. The Morgan fingerprint density at radius 1 is 0.330 bits per heavy atom. The normalized spacial score (nSPS) is 15.7. The molecule has 88 heavy (non-hydrogen) atoms. The van der Waals surface area contributed by atoms with Crippen molar-refractivity contribution < 1.29 is 47.1 Å². The first-order valence-electron chi connectivity index (χ1n) is 33.2. The van der Waals surface area contributed by atoms with E-state index in [1.165, 1.54) is 238 Å². The van der Waals surface area contributed by atoms with Crippen LogP contribution in [0.4, 0.5) is 0 Å². The smallest absolute Gasteiger partial charge is 3.00 e. The molecule has 0 N–H and O–H groups in total. The summed E-state index contributed by atoms with van der Waals surface area (Å²) >= 11 is -0.826. The Hall–Kier alpha value is -5.06. The molecule has 0 aromatic heterocycles. The second-order valence-electron chi connectivity index (χ2n) is 26.5. The molecule has 0 nitrogen and oxygen atoms in total. The molecule has 0 heterocycles. The molecule has 0 atom stereocenters. The van der Waals surface area contributed by atoms with Crippen LogP contribution < -0.4 is 0 Å². The van der Waals surface area contributed by atoms with E-state index in [1.807, 2.05) is 0 Å². The summed E-state index contributed by atoms with van der Waals surface area (Å²) in [6, 6.07) is 81.5. The number of fused-ring (bicyclic) bond motifs is 6. The summed E-state index contributed by atoms with van der Waals surface area (Å²) in [5.41, 5.74) is 14.4. The Balaban J connectivity index is 0.000000133. The number of hydrogen-bond donors (Lipinski definition) is 0. The maximum atomic E-state index is 4.93. The van der Waals surface area contributed by atoms with Crippen molar-refractivity contribution in [1.29, 1.82) is 0 Å². The topological polar surface area (TPSA) is 0 Å². The van der Waals surface area contributed by atoms with Gasteiger partial charge in [0.05, 0.1) is 0 Å². The van der Waals surface area contributed by atoms with Gasteiger partial charge in [-0.05, 0) is 136 Å². The Morgan fingerprint density at radius 3 is 0.898 bits per heavy atom. The van der Waals surface area contributed by atoms with Crippen molar-refractivity contribution in [3.05, 3.63) is 235 Å². The summed E-state index contributed by atoms with van der Waals surface area (Å²) in [5, 5.41) is 16.4. The average Bonchev–Trinajstić information content (AvgIpc) is 2.62. The minimum atomic E-state index is -0.826. The quantitative estimate of drug-likeness (QED) is 0.0952. The molecule has 0 amide bonds. The van der Waals surface area contributed by atoms with Gasteiger partial charge in [0.15, 0.2) is 0 Å². The van der Waals surface area contributed by atoms with Gasteiger partial charge in [-0.3, -0.25) is 0 Å². The maximum Gasteiger partial charge on any atom is 3.00 e. The Labute approximate surface area is 563 Å². The molecule has 0 bridgehead atoms. The maximum absolute atomic E-state index is 4.93. The van der Waals surface area contributed by atoms with Crippen LogP contribution in [0.15, 0.2) is 218 Å². The van der Waals surface area contributed by atoms with Gasteiger partial charge in [0.1, 0.15) is 0 Å². The second-order valence-corrected chi connectivity index (χ2v) is 30.3. The molecule has 12 aromatic rings. The van der Waals surface area contributed by atoms with E-state index in [0.29, 0.717) is 16.2 Å². The van der Waals surface area contributed by atoms with Crippen molar-refractivity contribution in [2.75, 3.05) is 0 Å². The average molecular weight is 1350 g/mol. The molecule has 3 aliphatic carbocycles. The number of rotatable bonds is 14. The molecule has 0 saturated heterocycles. The minimum Gasteiger partial charge on any atom is 3.00 e. The Kier molecular flexibility index (Phi) is 21.9. The van der Waals surface area contributed by atoms with E-state index in [2.05, 4.69) is 239 Å². The fourth-order valence-electron chi connectivity index (χ4n) is 16.6. The molecule has 12 aromatic carbocycles. The predicted octanol–water partition coefficient (Wildman–Crippen LogP) is 26.2. The van der Waals surface area contributed by atoms with Gasteiger partial charge in [-0.2, -0.15) is 18.2 Å². The second kappa shape index (κ2) is 29.9. The van der Waals surface area contributed by atoms with E-state index < -0.39 is 20.8 Å². The van der Waals surface area contributed by atoms with E-state index in [-0.39, 0.29) is 26.2 Å². The fourth-order valence-corrected chi connectivity index (χ4v) is 16.6. The summed E-state index contributed by atoms with van der Waals surface area (Å²) in [6.45, 7) is 7.08. The van der Waals surface area contributed by atoms with Gasteiger partial charge < -0.3 is 0 Å². The summed E-state index contributed by atoms with van der Waals surface area (Å²) in [6.07, 6.45) is 28.8. The monoisotopic (exact) mass is 1350 g/mol. The van der Waals surface area contributed by atoms with E-state index in [9.17, 15) is 0 Å². The van der Waals surface area contributed by atoms with Crippen LogP contribution >= 0.6 is 17.0 Å². The van der Waals surface area contributed by atoms with Crippen molar-refractivity contribution in [3.8, 4) is 33.4 Å². The van der Waals surface area contributed by atoms with Gasteiger partial charge >= 0.3 is 64.1 Å². The van der Waals surface area contributed by atoms with Crippen molar-refractivity contribution in [2.45, 2.75) is 156 Å². The summed E-state index contributed by atoms with van der Waals surface area (Å²) < 4.78 is 0. The zero-order chi connectivity index (χ0) is 59.6. The molecule has 0 unspecified atom stereocenters. The first kappa shape index (κ1) is 64.5. The predicted molar refractivity (Wildman–Crippen MR) is 378 cm³/mol. The van der Waals surface area contributed by atoms with Gasteiger partial charge in [0.2, 0.25) is 0 Å². The molecular weight excluding hydrogens is 1260 g/mol. The Bertz CT molecular complexity index is 4010. The van der Waals surface area contributed by atoms with Crippen LogP contribution in [0.3, 0.4) is 0 Å². The van der Waals surface area contributed by atoms with Gasteiger partial charge in [-0.15, -0.1) is 104 Å². The minimum absolute atomic E-state index is 0. The molecule has 445 valence electrons. The molecule has 1 radical (unpaired) electrons. The third kappa shape index (κ3) is 14.3. The van der Waals surface area contributed by atoms with Crippen molar-refractivity contribution in [2.24, 2.45) is 16.2 Å². The zero-order valence-electron chi connectivity index (χ0n) is 52.4. The van der Waals surface area contributed by atoms with Crippen LogP contribution in [0.1, 0.15) is 153 Å². The molecule has 0 aliphatic heterocycles. The summed E-state index contributed by atoms with van der Waals surface area (Å²) in [4.78, 5) is 0. The molecule has 0 spiro atoms. The first-order valence-corrected chi connectivity index (χ1v) is 39.5. The van der Waals surface area contributed by atoms with Crippen LogP contribution in [-0.2, 0) is 66.3 Å². The first-order chi connectivity index (χ1) is 42.8. The van der Waals surface area contributed by atoms with Crippen LogP contribution in [0.2, 0.25) is 0 Å². The van der Waals surface area contributed by atoms with E-state index >= 15 is 0 Å². The molecule has 15 rings (SSSR count). The fraction of sp³-hybridized carbons (Fsp3) is 0.321. The molecule has 3 fully saturated rings. The zero-order valence-corrected chi connectivity index (χ0v) is 58.8. The third-order valence-corrected chi connectivity index (χ3v) is 21.0. The van der Waals surface area contributed by atoms with E-state index in [1.54, 1.807) is 11.1 Å². The number of benzene rings is 9. The SMILES string of the molecule is CCC1(Cc2cc3c(-c4cccc5ccccc45)cccc3[cH-]2)CCC1.CCCC1(Cc2cc3c(-c4cccc5ccccc45)cccc3[cH-]2)CCCCC1.CCCC1(Cc2cc3c(-c4cccc5ccccc45)cccc3[cH-]2)CCCCC1.[Cl][Zr][Cl].[Zr+3]. The molecule has 3 saturated carbocycles. The van der Waals surface area contributed by atoms with Gasteiger partial charge in [0, 0.05) is 0 Å². The standard InChI is InChI=1S/2C29H31.C26H25.2ClH.2Zr/c2*1-2-16-29(17-6-3-7-18-29)21-22-19-24-12-9-15-27(28(24)20-22)26-14-8-11-23-10-4-5-13-25(23)26;1-2-26(14-7-15-26)18-19-16-21-10-6-13-24(25(21)17-19)23-12-5-9-20-8-3-4-11-22(20)23;;;;/h2*4-5,8-15,19-20H,2-3,6-7,16-18,21H2,1H3;3-6,8-13,16-17H,2,7,14-15,18H2,1H3;2*1H;;/q3*-1;;;+2;+3/p-2. The van der Waals surface area contributed by atoms with E-state index in [4.69, 9.17) is 17.0 Å². The van der Waals surface area contributed by atoms with Gasteiger partial charge in [0.25, 0.3) is 0 Å². The van der Waals surface area contributed by atoms with Crippen molar-refractivity contribution in [3.63, 3.8) is 0 Å². The van der Waals surface area contributed by atoms with Crippen molar-refractivity contribution >= 4 is 81.7 Å².